The highest BCUT2D eigenvalue weighted by Gasteiger charge is 2.14. The molecule has 2 aromatic carbocycles. The first-order chi connectivity index (χ1) is 12.4. The predicted molar refractivity (Wildman–Crippen MR) is 101 cm³/mol. The molecule has 7 nitrogen and oxygen atoms in total. The topological polar surface area (TPSA) is 104 Å². The van der Waals surface area contributed by atoms with Crippen molar-refractivity contribution in [3.63, 3.8) is 0 Å². The zero-order chi connectivity index (χ0) is 18.6. The van der Waals surface area contributed by atoms with E-state index >= 15 is 0 Å². The van der Waals surface area contributed by atoms with Crippen molar-refractivity contribution in [2.75, 3.05) is 4.72 Å². The molecule has 0 bridgehead atoms. The Hall–Kier alpha value is -2.78. The van der Waals surface area contributed by atoms with Crippen molar-refractivity contribution in [3.05, 3.63) is 71.3 Å². The minimum atomic E-state index is -3.73. The molecule has 0 aliphatic rings. The number of phenols is 1. The molecule has 0 radical (unpaired) electrons. The monoisotopic (exact) mass is 432 g/mol. The van der Waals surface area contributed by atoms with Crippen LogP contribution in [0.4, 0.5) is 17.2 Å². The van der Waals surface area contributed by atoms with Gasteiger partial charge in [0, 0.05) is 6.20 Å². The lowest BCUT2D eigenvalue weighted by atomic mass is 10.3. The number of hydrogen-bond donors (Lipinski definition) is 2. The van der Waals surface area contributed by atoms with Gasteiger partial charge in [-0.1, -0.05) is 6.07 Å². The van der Waals surface area contributed by atoms with Crippen molar-refractivity contribution in [1.29, 1.82) is 0 Å². The number of nitrogens with zero attached hydrogens (tertiary/aromatic N) is 3. The Morgan fingerprint density at radius 2 is 1.65 bits per heavy atom. The molecule has 0 aliphatic heterocycles. The average Bonchev–Trinajstić information content (AvgIpc) is 2.63. The van der Waals surface area contributed by atoms with Crippen molar-refractivity contribution in [2.24, 2.45) is 10.2 Å². The van der Waals surface area contributed by atoms with Gasteiger partial charge in [-0.2, -0.15) is 10.2 Å². The van der Waals surface area contributed by atoms with Crippen molar-refractivity contribution >= 4 is 43.1 Å². The number of aromatic hydroxyl groups is 1. The second-order valence-corrected chi connectivity index (χ2v) is 7.69. The number of azo groups is 1. The van der Waals surface area contributed by atoms with Crippen LogP contribution in [0.15, 0.2) is 86.5 Å². The molecule has 0 unspecified atom stereocenters. The fourth-order valence-electron chi connectivity index (χ4n) is 1.99. The zero-order valence-corrected chi connectivity index (χ0v) is 15.6. The normalized spacial score (nSPS) is 11.6. The Balaban J connectivity index is 1.75. The van der Waals surface area contributed by atoms with Gasteiger partial charge in [0.2, 0.25) is 0 Å². The van der Waals surface area contributed by atoms with Gasteiger partial charge in [-0.25, -0.2) is 13.4 Å². The molecule has 0 aliphatic carbocycles. The molecule has 1 heterocycles. The van der Waals surface area contributed by atoms with Crippen LogP contribution >= 0.6 is 15.9 Å². The van der Waals surface area contributed by atoms with Crippen molar-refractivity contribution in [1.82, 2.24) is 4.98 Å². The molecule has 0 atom stereocenters. The Bertz CT molecular complexity index is 1040. The molecule has 9 heteroatoms. The number of rotatable bonds is 5. The van der Waals surface area contributed by atoms with Crippen LogP contribution in [-0.4, -0.2) is 18.5 Å². The first-order valence-corrected chi connectivity index (χ1v) is 9.66. The fraction of sp³-hybridized carbons (Fsp3) is 0. The van der Waals surface area contributed by atoms with Gasteiger partial charge in [-0.05, 0) is 70.5 Å². The Labute approximate surface area is 158 Å². The highest BCUT2D eigenvalue weighted by molar-refractivity contribution is 9.10. The first kappa shape index (κ1) is 18.0. The molecule has 26 heavy (non-hydrogen) atoms. The van der Waals surface area contributed by atoms with Gasteiger partial charge in [-0.3, -0.25) is 4.72 Å². The zero-order valence-electron chi connectivity index (χ0n) is 13.2. The summed E-state index contributed by atoms with van der Waals surface area (Å²) in [6.45, 7) is 0. The van der Waals surface area contributed by atoms with Crippen LogP contribution < -0.4 is 4.72 Å². The van der Waals surface area contributed by atoms with Gasteiger partial charge in [0.25, 0.3) is 10.0 Å². The molecule has 1 aromatic heterocycles. The molecular formula is C17H13BrN4O3S. The van der Waals surface area contributed by atoms with Crippen LogP contribution in [0.3, 0.4) is 0 Å². The number of benzene rings is 2. The maximum Gasteiger partial charge on any atom is 0.263 e. The second kappa shape index (κ2) is 7.63. The summed E-state index contributed by atoms with van der Waals surface area (Å²) in [6, 6.07) is 15.7. The van der Waals surface area contributed by atoms with Crippen molar-refractivity contribution < 1.29 is 13.5 Å². The number of sulfonamides is 1. The lowest BCUT2D eigenvalue weighted by molar-refractivity contribution is 0.472. The summed E-state index contributed by atoms with van der Waals surface area (Å²) in [5.41, 5.74) is 1.04. The maximum absolute atomic E-state index is 12.3. The molecule has 0 saturated heterocycles. The number of pyridine rings is 1. The summed E-state index contributed by atoms with van der Waals surface area (Å²) >= 11 is 3.20. The molecule has 2 N–H and O–H groups in total. The van der Waals surface area contributed by atoms with E-state index in [1.165, 1.54) is 24.4 Å². The van der Waals surface area contributed by atoms with Crippen LogP contribution in [0.2, 0.25) is 0 Å². The van der Waals surface area contributed by atoms with E-state index in [9.17, 15) is 13.5 Å². The minimum absolute atomic E-state index is 0.0921. The largest absolute Gasteiger partial charge is 0.507 e. The van der Waals surface area contributed by atoms with Gasteiger partial charge >= 0.3 is 0 Å². The third kappa shape index (κ3) is 4.44. The minimum Gasteiger partial charge on any atom is -0.507 e. The van der Waals surface area contributed by atoms with Crippen LogP contribution in [0.1, 0.15) is 0 Å². The smallest absolute Gasteiger partial charge is 0.263 e. The first-order valence-electron chi connectivity index (χ1n) is 7.38. The SMILES string of the molecule is O=S(=O)(Nc1ccccn1)c1ccc(/N=N/c2ccc(O)c(Br)c2)cc1. The van der Waals surface area contributed by atoms with Crippen LogP contribution in [0.5, 0.6) is 5.75 Å². The lowest BCUT2D eigenvalue weighted by Gasteiger charge is -2.06. The molecule has 132 valence electrons. The van der Waals surface area contributed by atoms with E-state index in [1.54, 1.807) is 42.5 Å². The Morgan fingerprint density at radius 1 is 0.962 bits per heavy atom. The molecule has 0 fully saturated rings. The number of phenolic OH excluding ortho intramolecular Hbond substituents is 1. The van der Waals surface area contributed by atoms with Gasteiger partial charge in [-0.15, -0.1) is 0 Å². The molecule has 0 saturated carbocycles. The molecule has 3 rings (SSSR count). The van der Waals surface area contributed by atoms with Crippen LogP contribution in [0.25, 0.3) is 0 Å². The quantitative estimate of drug-likeness (QED) is 0.566. The number of nitrogens with one attached hydrogen (secondary N) is 1. The number of hydrogen-bond acceptors (Lipinski definition) is 6. The van der Waals surface area contributed by atoms with Crippen molar-refractivity contribution in [3.8, 4) is 5.75 Å². The molecular weight excluding hydrogens is 420 g/mol. The summed E-state index contributed by atoms with van der Waals surface area (Å²) in [4.78, 5) is 4.03. The van der Waals surface area contributed by atoms with Crippen LogP contribution in [0, 0.1) is 0 Å². The predicted octanol–water partition coefficient (Wildman–Crippen LogP) is 4.77. The number of aromatic nitrogens is 1. The van der Waals surface area contributed by atoms with Gasteiger partial charge in [0.15, 0.2) is 0 Å². The summed E-state index contributed by atoms with van der Waals surface area (Å²) in [7, 11) is -3.73. The van der Waals surface area contributed by atoms with E-state index < -0.39 is 10.0 Å². The summed E-state index contributed by atoms with van der Waals surface area (Å²) < 4.78 is 27.6. The molecule has 0 spiro atoms. The highest BCUT2D eigenvalue weighted by atomic mass is 79.9. The van der Waals surface area contributed by atoms with Gasteiger partial charge in [0.05, 0.1) is 20.7 Å². The fourth-order valence-corrected chi connectivity index (χ4v) is 3.36. The summed E-state index contributed by atoms with van der Waals surface area (Å²) in [5, 5.41) is 17.6. The van der Waals surface area contributed by atoms with Crippen molar-refractivity contribution in [2.45, 2.75) is 4.90 Å². The standard InChI is InChI=1S/C17H13BrN4O3S/c18-15-11-13(6-9-16(15)23)21-20-12-4-7-14(8-5-12)26(24,25)22-17-3-1-2-10-19-17/h1-11,23H,(H,19,22)/b21-20+. The van der Waals surface area contributed by atoms with E-state index in [4.69, 9.17) is 0 Å². The summed E-state index contributed by atoms with van der Waals surface area (Å²) in [5.74, 6) is 0.355. The van der Waals surface area contributed by atoms with E-state index in [0.29, 0.717) is 15.8 Å². The van der Waals surface area contributed by atoms with Crippen LogP contribution in [-0.2, 0) is 10.0 Å². The third-order valence-electron chi connectivity index (χ3n) is 3.26. The van der Waals surface area contributed by atoms with E-state index in [1.807, 2.05) is 0 Å². The number of anilines is 1. The van der Waals surface area contributed by atoms with Gasteiger partial charge in [0.1, 0.15) is 11.6 Å². The maximum atomic E-state index is 12.3. The Kier molecular flexibility index (Phi) is 5.29. The van der Waals surface area contributed by atoms with E-state index in [0.717, 1.165) is 0 Å². The second-order valence-electron chi connectivity index (χ2n) is 5.15. The molecule has 3 aromatic rings. The van der Waals surface area contributed by atoms with E-state index in [2.05, 4.69) is 35.9 Å². The lowest BCUT2D eigenvalue weighted by Crippen LogP contribution is -2.13. The molecule has 0 amide bonds. The Morgan fingerprint density at radius 3 is 2.31 bits per heavy atom. The average molecular weight is 433 g/mol. The summed E-state index contributed by atoms with van der Waals surface area (Å²) in [6.07, 6.45) is 1.50. The third-order valence-corrected chi connectivity index (χ3v) is 5.27. The van der Waals surface area contributed by atoms with E-state index in [-0.39, 0.29) is 16.5 Å². The van der Waals surface area contributed by atoms with Gasteiger partial charge < -0.3 is 5.11 Å². The number of halogens is 1. The highest BCUT2D eigenvalue weighted by Crippen LogP contribution is 2.29.